The van der Waals surface area contributed by atoms with E-state index in [1.807, 2.05) is 7.05 Å². The zero-order valence-corrected chi connectivity index (χ0v) is 14.5. The van der Waals surface area contributed by atoms with Crippen LogP contribution in [0.4, 0.5) is 0 Å². The number of likely N-dealkylation sites (N-methyl/N-ethyl adjacent to an activating group) is 1. The molecule has 0 fully saturated rings. The highest BCUT2D eigenvalue weighted by Crippen LogP contribution is 2.10. The summed E-state index contributed by atoms with van der Waals surface area (Å²) in [7, 11) is 6.01. The molecule has 18 heavy (non-hydrogen) atoms. The number of hydrogen-bond acceptors (Lipinski definition) is 2. The van der Waals surface area contributed by atoms with Gasteiger partial charge in [0.25, 0.3) is 0 Å². The van der Waals surface area contributed by atoms with Gasteiger partial charge in [0.05, 0.1) is 0 Å². The molecule has 1 aliphatic carbocycles. The summed E-state index contributed by atoms with van der Waals surface area (Å²) in [4.78, 5) is 6.47. The molecule has 0 aliphatic heterocycles. The minimum Gasteiger partial charge on any atom is -0.355 e. The maximum atomic E-state index is 4.26. The summed E-state index contributed by atoms with van der Waals surface area (Å²) in [5.41, 5.74) is 0.117. The maximum Gasteiger partial charge on any atom is 0.191 e. The lowest BCUT2D eigenvalue weighted by molar-refractivity contribution is 0.197. The van der Waals surface area contributed by atoms with Crippen LogP contribution in [-0.4, -0.2) is 50.1 Å². The van der Waals surface area contributed by atoms with Gasteiger partial charge in [0, 0.05) is 25.2 Å². The van der Waals surface area contributed by atoms with E-state index in [-0.39, 0.29) is 29.5 Å². The molecule has 106 valence electrons. The third kappa shape index (κ3) is 5.56. The van der Waals surface area contributed by atoms with Crippen LogP contribution >= 0.6 is 24.0 Å². The molecule has 2 N–H and O–H groups in total. The average Bonchev–Trinajstić information content (AvgIpc) is 2.76. The molecule has 0 spiro atoms. The van der Waals surface area contributed by atoms with Crippen molar-refractivity contribution in [2.45, 2.75) is 38.3 Å². The van der Waals surface area contributed by atoms with Crippen molar-refractivity contribution in [2.24, 2.45) is 4.99 Å². The van der Waals surface area contributed by atoms with Crippen LogP contribution in [0.15, 0.2) is 17.1 Å². The summed E-state index contributed by atoms with van der Waals surface area (Å²) in [6.45, 7) is 5.30. The lowest BCUT2D eigenvalue weighted by Crippen LogP contribution is -2.52. The smallest absolute Gasteiger partial charge is 0.191 e. The average molecular weight is 366 g/mol. The largest absolute Gasteiger partial charge is 0.355 e. The Balaban J connectivity index is 0.00000289. The maximum absolute atomic E-state index is 4.26. The molecular weight excluding hydrogens is 339 g/mol. The topological polar surface area (TPSA) is 39.7 Å². The number of halogens is 1. The number of guanidine groups is 1. The Labute approximate surface area is 128 Å². The fourth-order valence-electron chi connectivity index (χ4n) is 1.58. The van der Waals surface area contributed by atoms with E-state index in [1.54, 1.807) is 0 Å². The van der Waals surface area contributed by atoms with Gasteiger partial charge in [0.15, 0.2) is 5.96 Å². The molecule has 1 aliphatic rings. The molecule has 0 saturated carbocycles. The lowest BCUT2D eigenvalue weighted by Gasteiger charge is -2.33. The first-order valence-corrected chi connectivity index (χ1v) is 6.25. The Bertz CT molecular complexity index is 289. The molecule has 0 radical (unpaired) electrons. The second-order valence-corrected chi connectivity index (χ2v) is 5.42. The molecule has 0 aromatic heterocycles. The van der Waals surface area contributed by atoms with Gasteiger partial charge in [-0.05, 0) is 40.8 Å². The Morgan fingerprint density at radius 3 is 2.33 bits per heavy atom. The van der Waals surface area contributed by atoms with Gasteiger partial charge in [0.2, 0.25) is 0 Å². The second kappa shape index (κ2) is 7.99. The standard InChI is InChI=1S/C13H26N4.HI/c1-13(2,17(4)5)10-15-12(14-3)16-11-8-6-7-9-11;/h6-7,11H,8-10H2,1-5H3,(H2,14,15,16);1H. The first-order chi connectivity index (χ1) is 7.95. The van der Waals surface area contributed by atoms with Gasteiger partial charge in [-0.3, -0.25) is 4.99 Å². The third-order valence-corrected chi connectivity index (χ3v) is 3.47. The second-order valence-electron chi connectivity index (χ2n) is 5.42. The predicted octanol–water partition coefficient (Wildman–Crippen LogP) is 1.83. The summed E-state index contributed by atoms with van der Waals surface area (Å²) in [6.07, 6.45) is 6.62. The van der Waals surface area contributed by atoms with Crippen LogP contribution in [0.25, 0.3) is 0 Å². The molecule has 0 heterocycles. The third-order valence-electron chi connectivity index (χ3n) is 3.47. The molecule has 4 nitrogen and oxygen atoms in total. The summed E-state index contributed by atoms with van der Waals surface area (Å²) in [5, 5.41) is 6.82. The van der Waals surface area contributed by atoms with E-state index in [9.17, 15) is 0 Å². The van der Waals surface area contributed by atoms with Crippen LogP contribution in [0, 0.1) is 0 Å². The van der Waals surface area contributed by atoms with Gasteiger partial charge >= 0.3 is 0 Å². The molecule has 0 aromatic rings. The van der Waals surface area contributed by atoms with Crippen LogP contribution in [0.5, 0.6) is 0 Å². The van der Waals surface area contributed by atoms with Crippen molar-refractivity contribution in [1.29, 1.82) is 0 Å². The number of nitrogens with zero attached hydrogens (tertiary/aromatic N) is 2. The van der Waals surface area contributed by atoms with E-state index in [1.165, 1.54) is 0 Å². The zero-order chi connectivity index (χ0) is 12.9. The van der Waals surface area contributed by atoms with Crippen molar-refractivity contribution in [2.75, 3.05) is 27.7 Å². The van der Waals surface area contributed by atoms with E-state index < -0.39 is 0 Å². The highest BCUT2D eigenvalue weighted by Gasteiger charge is 2.21. The molecule has 0 atom stereocenters. The van der Waals surface area contributed by atoms with Crippen LogP contribution in [0.3, 0.4) is 0 Å². The van der Waals surface area contributed by atoms with Crippen molar-refractivity contribution >= 4 is 29.9 Å². The van der Waals surface area contributed by atoms with Gasteiger partial charge < -0.3 is 15.5 Å². The van der Waals surface area contributed by atoms with Crippen LogP contribution in [-0.2, 0) is 0 Å². The van der Waals surface area contributed by atoms with Gasteiger partial charge in [-0.2, -0.15) is 0 Å². The van der Waals surface area contributed by atoms with Crippen molar-refractivity contribution < 1.29 is 0 Å². The molecule has 5 heteroatoms. The van der Waals surface area contributed by atoms with E-state index in [0.29, 0.717) is 6.04 Å². The summed E-state index contributed by atoms with van der Waals surface area (Å²) >= 11 is 0. The number of rotatable bonds is 4. The van der Waals surface area contributed by atoms with Crippen molar-refractivity contribution in [1.82, 2.24) is 15.5 Å². The van der Waals surface area contributed by atoms with Crippen molar-refractivity contribution in [3.63, 3.8) is 0 Å². The fourth-order valence-corrected chi connectivity index (χ4v) is 1.58. The Hall–Kier alpha value is -0.300. The number of aliphatic imine (C=N–C) groups is 1. The monoisotopic (exact) mass is 366 g/mol. The molecule has 1 rings (SSSR count). The highest BCUT2D eigenvalue weighted by molar-refractivity contribution is 14.0. The number of nitrogens with one attached hydrogen (secondary N) is 2. The minimum absolute atomic E-state index is 0. The number of hydrogen-bond donors (Lipinski definition) is 2. The first-order valence-electron chi connectivity index (χ1n) is 6.25. The van der Waals surface area contributed by atoms with E-state index in [4.69, 9.17) is 0 Å². The van der Waals surface area contributed by atoms with Gasteiger partial charge in [-0.25, -0.2) is 0 Å². The lowest BCUT2D eigenvalue weighted by atomic mass is 10.0. The summed E-state index contributed by atoms with van der Waals surface area (Å²) in [5.74, 6) is 0.897. The molecule has 0 amide bonds. The summed E-state index contributed by atoms with van der Waals surface area (Å²) in [6, 6.07) is 0.503. The molecule has 0 unspecified atom stereocenters. The Kier molecular flexibility index (Phi) is 7.86. The highest BCUT2D eigenvalue weighted by atomic mass is 127. The predicted molar refractivity (Wildman–Crippen MR) is 89.8 cm³/mol. The normalized spacial score (nSPS) is 16.9. The van der Waals surface area contributed by atoms with Gasteiger partial charge in [-0.1, -0.05) is 12.2 Å². The summed E-state index contributed by atoms with van der Waals surface area (Å²) < 4.78 is 0. The van der Waals surface area contributed by atoms with Gasteiger partial charge in [0.1, 0.15) is 0 Å². The van der Waals surface area contributed by atoms with E-state index >= 15 is 0 Å². The van der Waals surface area contributed by atoms with Crippen molar-refractivity contribution in [3.8, 4) is 0 Å². The fraction of sp³-hybridized carbons (Fsp3) is 0.769. The molecule has 0 saturated heterocycles. The quantitative estimate of drug-likeness (QED) is 0.345. The zero-order valence-electron chi connectivity index (χ0n) is 12.2. The van der Waals surface area contributed by atoms with Gasteiger partial charge in [-0.15, -0.1) is 24.0 Å². The van der Waals surface area contributed by atoms with Crippen LogP contribution in [0.2, 0.25) is 0 Å². The van der Waals surface area contributed by atoms with Crippen LogP contribution in [0.1, 0.15) is 26.7 Å². The first kappa shape index (κ1) is 17.7. The molecule has 0 aromatic carbocycles. The van der Waals surface area contributed by atoms with E-state index in [2.05, 4.69) is 60.6 Å². The Morgan fingerprint density at radius 2 is 1.89 bits per heavy atom. The van der Waals surface area contributed by atoms with Crippen molar-refractivity contribution in [3.05, 3.63) is 12.2 Å². The van der Waals surface area contributed by atoms with Crippen LogP contribution < -0.4 is 10.6 Å². The van der Waals surface area contributed by atoms with E-state index in [0.717, 1.165) is 25.3 Å². The SMILES string of the molecule is CN=C(NCC(C)(C)N(C)C)NC1CC=CC1.I. The minimum atomic E-state index is 0. The Morgan fingerprint density at radius 1 is 1.33 bits per heavy atom. The molecular formula is C13H27IN4. The molecule has 0 bridgehead atoms.